The average Bonchev–Trinajstić information content (AvgIpc) is 2.36. The van der Waals surface area contributed by atoms with Crippen LogP contribution in [0.2, 0.25) is 0 Å². The van der Waals surface area contributed by atoms with E-state index in [1.54, 1.807) is 0 Å². The van der Waals surface area contributed by atoms with E-state index in [1.807, 2.05) is 6.92 Å². The topological polar surface area (TPSA) is 49.3 Å². The van der Waals surface area contributed by atoms with E-state index >= 15 is 0 Å². The zero-order valence-corrected chi connectivity index (χ0v) is 11.3. The van der Waals surface area contributed by atoms with Gasteiger partial charge in [0.1, 0.15) is 0 Å². The normalized spacial score (nSPS) is 12.3. The molecule has 0 amide bonds. The quantitative estimate of drug-likeness (QED) is 0.745. The average molecular weight is 249 g/mol. The van der Waals surface area contributed by atoms with Crippen LogP contribution in [0.5, 0.6) is 0 Å². The van der Waals surface area contributed by atoms with Gasteiger partial charge in [0.05, 0.1) is 5.92 Å². The molecule has 0 fully saturated rings. The molecule has 1 rings (SSSR count). The molecule has 0 aliphatic carbocycles. The van der Waals surface area contributed by atoms with Crippen molar-refractivity contribution < 1.29 is 9.90 Å². The van der Waals surface area contributed by atoms with Crippen molar-refractivity contribution in [1.29, 1.82) is 0 Å². The Hall–Kier alpha value is -1.35. The number of aliphatic carboxylic acids is 1. The fraction of sp³-hybridized carbons (Fsp3) is 0.533. The highest BCUT2D eigenvalue weighted by molar-refractivity contribution is 5.70. The maximum Gasteiger partial charge on any atom is 0.307 e. The maximum absolute atomic E-state index is 10.8. The molecular formula is C15H23NO2. The summed E-state index contributed by atoms with van der Waals surface area (Å²) < 4.78 is 0. The molecular weight excluding hydrogens is 226 g/mol. The van der Waals surface area contributed by atoms with E-state index in [1.165, 1.54) is 11.1 Å². The molecule has 1 unspecified atom stereocenters. The van der Waals surface area contributed by atoms with Crippen LogP contribution in [0.4, 0.5) is 0 Å². The lowest BCUT2D eigenvalue weighted by molar-refractivity contribution is -0.141. The number of hydrogen-bond acceptors (Lipinski definition) is 2. The van der Waals surface area contributed by atoms with Gasteiger partial charge in [-0.15, -0.1) is 0 Å². The first kappa shape index (κ1) is 14.7. The number of carboxylic acid groups (broad SMARTS) is 1. The first-order valence-corrected chi connectivity index (χ1v) is 6.68. The van der Waals surface area contributed by atoms with Gasteiger partial charge in [-0.1, -0.05) is 44.5 Å². The number of carboxylic acids is 1. The monoisotopic (exact) mass is 249 g/mol. The fourth-order valence-electron chi connectivity index (χ4n) is 1.91. The molecule has 0 radical (unpaired) electrons. The lowest BCUT2D eigenvalue weighted by Gasteiger charge is -2.11. The highest BCUT2D eigenvalue weighted by Gasteiger charge is 2.13. The van der Waals surface area contributed by atoms with Gasteiger partial charge in [-0.05, 0) is 24.0 Å². The smallest absolute Gasteiger partial charge is 0.307 e. The van der Waals surface area contributed by atoms with Crippen molar-refractivity contribution in [2.45, 2.75) is 39.7 Å². The van der Waals surface area contributed by atoms with E-state index < -0.39 is 5.97 Å². The molecule has 1 atom stereocenters. The number of benzene rings is 1. The minimum atomic E-state index is -0.719. The molecule has 0 heterocycles. The first-order chi connectivity index (χ1) is 8.67. The van der Waals surface area contributed by atoms with Crippen LogP contribution in [-0.2, 0) is 17.8 Å². The van der Waals surface area contributed by atoms with Crippen LogP contribution in [0.3, 0.4) is 0 Å². The molecule has 3 nitrogen and oxygen atoms in total. The van der Waals surface area contributed by atoms with Crippen LogP contribution < -0.4 is 5.32 Å². The van der Waals surface area contributed by atoms with Gasteiger partial charge in [0.2, 0.25) is 0 Å². The Morgan fingerprint density at radius 2 is 1.83 bits per heavy atom. The minimum absolute atomic E-state index is 0.288. The molecule has 3 heteroatoms. The van der Waals surface area contributed by atoms with E-state index in [2.05, 4.69) is 36.5 Å². The summed E-state index contributed by atoms with van der Waals surface area (Å²) in [5.41, 5.74) is 2.56. The maximum atomic E-state index is 10.8. The van der Waals surface area contributed by atoms with Gasteiger partial charge in [-0.25, -0.2) is 0 Å². The van der Waals surface area contributed by atoms with Crippen molar-refractivity contribution >= 4 is 5.97 Å². The minimum Gasteiger partial charge on any atom is -0.481 e. The SMILES string of the molecule is CCCc1ccc(CNCC(CC)C(=O)O)cc1. The van der Waals surface area contributed by atoms with E-state index in [0.29, 0.717) is 13.0 Å². The summed E-state index contributed by atoms with van der Waals surface area (Å²) in [6.45, 7) is 5.34. The van der Waals surface area contributed by atoms with Crippen LogP contribution in [0.25, 0.3) is 0 Å². The van der Waals surface area contributed by atoms with Crippen molar-refractivity contribution in [2.75, 3.05) is 6.54 Å². The van der Waals surface area contributed by atoms with Crippen molar-refractivity contribution in [3.8, 4) is 0 Å². The second-order valence-corrected chi connectivity index (χ2v) is 4.64. The van der Waals surface area contributed by atoms with Crippen molar-refractivity contribution in [3.63, 3.8) is 0 Å². The Morgan fingerprint density at radius 3 is 2.33 bits per heavy atom. The van der Waals surface area contributed by atoms with Crippen molar-refractivity contribution in [1.82, 2.24) is 5.32 Å². The molecule has 100 valence electrons. The predicted octanol–water partition coefficient (Wildman–Crippen LogP) is 2.84. The predicted molar refractivity (Wildman–Crippen MR) is 73.6 cm³/mol. The van der Waals surface area contributed by atoms with Crippen LogP contribution in [0.15, 0.2) is 24.3 Å². The Labute approximate surface area is 109 Å². The van der Waals surface area contributed by atoms with Gasteiger partial charge in [-0.2, -0.15) is 0 Å². The van der Waals surface area contributed by atoms with Gasteiger partial charge < -0.3 is 10.4 Å². The largest absolute Gasteiger partial charge is 0.481 e. The lowest BCUT2D eigenvalue weighted by atomic mass is 10.1. The van der Waals surface area contributed by atoms with Crippen LogP contribution in [0, 0.1) is 5.92 Å². The molecule has 1 aromatic carbocycles. The first-order valence-electron chi connectivity index (χ1n) is 6.68. The van der Waals surface area contributed by atoms with E-state index in [9.17, 15) is 4.79 Å². The Morgan fingerprint density at radius 1 is 1.22 bits per heavy atom. The molecule has 0 aliphatic rings. The summed E-state index contributed by atoms with van der Waals surface area (Å²) >= 11 is 0. The van der Waals surface area contributed by atoms with Crippen LogP contribution in [0.1, 0.15) is 37.8 Å². The third kappa shape index (κ3) is 4.88. The van der Waals surface area contributed by atoms with Crippen molar-refractivity contribution in [3.05, 3.63) is 35.4 Å². The summed E-state index contributed by atoms with van der Waals surface area (Å²) in [5.74, 6) is -1.01. The molecule has 2 N–H and O–H groups in total. The Bertz CT molecular complexity index is 359. The summed E-state index contributed by atoms with van der Waals surface area (Å²) in [6.07, 6.45) is 2.94. The van der Waals surface area contributed by atoms with E-state index in [4.69, 9.17) is 5.11 Å². The van der Waals surface area contributed by atoms with Gasteiger partial charge in [0.15, 0.2) is 0 Å². The van der Waals surface area contributed by atoms with Crippen LogP contribution in [-0.4, -0.2) is 17.6 Å². The number of aryl methyl sites for hydroxylation is 1. The summed E-state index contributed by atoms with van der Waals surface area (Å²) in [6, 6.07) is 8.52. The number of hydrogen-bond donors (Lipinski definition) is 2. The van der Waals surface area contributed by atoms with Gasteiger partial charge in [0.25, 0.3) is 0 Å². The third-order valence-electron chi connectivity index (χ3n) is 3.12. The Balaban J connectivity index is 2.37. The number of nitrogens with one attached hydrogen (secondary N) is 1. The molecule has 1 aromatic rings. The lowest BCUT2D eigenvalue weighted by Crippen LogP contribution is -2.27. The number of rotatable bonds is 8. The highest BCUT2D eigenvalue weighted by Crippen LogP contribution is 2.07. The summed E-state index contributed by atoms with van der Waals surface area (Å²) in [7, 11) is 0. The molecule has 0 aromatic heterocycles. The van der Waals surface area contributed by atoms with Gasteiger partial charge in [-0.3, -0.25) is 4.79 Å². The molecule has 0 aliphatic heterocycles. The summed E-state index contributed by atoms with van der Waals surface area (Å²) in [4.78, 5) is 10.8. The molecule has 0 saturated carbocycles. The molecule has 0 saturated heterocycles. The fourth-order valence-corrected chi connectivity index (χ4v) is 1.91. The molecule has 18 heavy (non-hydrogen) atoms. The van der Waals surface area contributed by atoms with Gasteiger partial charge >= 0.3 is 5.97 Å². The van der Waals surface area contributed by atoms with E-state index in [-0.39, 0.29) is 5.92 Å². The highest BCUT2D eigenvalue weighted by atomic mass is 16.4. The van der Waals surface area contributed by atoms with Gasteiger partial charge in [0, 0.05) is 13.1 Å². The molecule has 0 spiro atoms. The molecule has 0 bridgehead atoms. The number of carbonyl (C=O) groups is 1. The zero-order valence-electron chi connectivity index (χ0n) is 11.3. The second-order valence-electron chi connectivity index (χ2n) is 4.64. The standard InChI is InChI=1S/C15H23NO2/c1-3-5-12-6-8-13(9-7-12)10-16-11-14(4-2)15(17)18/h6-9,14,16H,3-5,10-11H2,1-2H3,(H,17,18). The summed E-state index contributed by atoms with van der Waals surface area (Å²) in [5, 5.41) is 12.1. The second kappa shape index (κ2) is 7.88. The van der Waals surface area contributed by atoms with E-state index in [0.717, 1.165) is 19.4 Å². The van der Waals surface area contributed by atoms with Crippen LogP contribution >= 0.6 is 0 Å². The zero-order chi connectivity index (χ0) is 13.4. The Kier molecular flexibility index (Phi) is 6.44. The van der Waals surface area contributed by atoms with Crippen molar-refractivity contribution in [2.24, 2.45) is 5.92 Å². The third-order valence-corrected chi connectivity index (χ3v) is 3.12.